The molecule has 0 saturated carbocycles. The van der Waals surface area contributed by atoms with Gasteiger partial charge in [0.25, 0.3) is 0 Å². The number of hydrogen-bond donors (Lipinski definition) is 0. The molecule has 2 atom stereocenters. The summed E-state index contributed by atoms with van der Waals surface area (Å²) in [5, 5.41) is 0. The number of ether oxygens (including phenoxy) is 2. The van der Waals surface area contributed by atoms with Crippen LogP contribution in [0.4, 0.5) is 0 Å². The van der Waals surface area contributed by atoms with E-state index in [9.17, 15) is 0 Å². The number of hydrogen-bond acceptors (Lipinski definition) is 2. The summed E-state index contributed by atoms with van der Waals surface area (Å²) in [6, 6.07) is 8.30. The Morgan fingerprint density at radius 2 is 1.94 bits per heavy atom. The average molecular weight is 248 g/mol. The van der Waals surface area contributed by atoms with E-state index in [1.165, 1.54) is 5.56 Å². The smallest absolute Gasteiger partial charge is 0.123 e. The van der Waals surface area contributed by atoms with E-state index in [0.29, 0.717) is 12.7 Å². The topological polar surface area (TPSA) is 18.5 Å². The normalized spacial score (nSPS) is 24.2. The minimum absolute atomic E-state index is 0.112. The molecule has 0 N–H and O–H groups in total. The van der Waals surface area contributed by atoms with Crippen molar-refractivity contribution in [2.45, 2.75) is 58.2 Å². The summed E-state index contributed by atoms with van der Waals surface area (Å²) in [6.07, 6.45) is 2.90. The molecule has 1 aliphatic rings. The monoisotopic (exact) mass is 248 g/mol. The maximum absolute atomic E-state index is 5.97. The van der Waals surface area contributed by atoms with Crippen LogP contribution in [0, 0.1) is 0 Å². The molecule has 1 aliphatic heterocycles. The minimum atomic E-state index is 0.112. The van der Waals surface area contributed by atoms with Crippen LogP contribution in [0.5, 0.6) is 5.75 Å². The summed E-state index contributed by atoms with van der Waals surface area (Å²) >= 11 is 0. The van der Waals surface area contributed by atoms with Gasteiger partial charge in [-0.3, -0.25) is 0 Å². The van der Waals surface area contributed by atoms with E-state index in [1.807, 2.05) is 6.07 Å². The average Bonchev–Trinajstić information content (AvgIpc) is 2.72. The first-order chi connectivity index (χ1) is 8.47. The second kappa shape index (κ2) is 5.31. The zero-order chi connectivity index (χ0) is 13.2. The first-order valence-electron chi connectivity index (χ1n) is 6.84. The quantitative estimate of drug-likeness (QED) is 0.807. The molecule has 0 aromatic heterocycles. The molecule has 2 nitrogen and oxygen atoms in total. The van der Waals surface area contributed by atoms with E-state index in [0.717, 1.165) is 18.6 Å². The standard InChI is InChI=1S/C16H24O2/c1-12-9-10-13(18-12)11-17-15-8-6-5-7-14(15)16(2,3)4/h5-8,12-13H,9-11H2,1-4H3. The Hall–Kier alpha value is -1.02. The predicted octanol–water partition coefficient (Wildman–Crippen LogP) is 3.93. The van der Waals surface area contributed by atoms with Gasteiger partial charge in [-0.25, -0.2) is 0 Å². The Morgan fingerprint density at radius 1 is 1.22 bits per heavy atom. The highest BCUT2D eigenvalue weighted by Crippen LogP contribution is 2.31. The lowest BCUT2D eigenvalue weighted by Gasteiger charge is -2.23. The van der Waals surface area contributed by atoms with Crippen molar-refractivity contribution >= 4 is 0 Å². The summed E-state index contributed by atoms with van der Waals surface area (Å²) in [6.45, 7) is 9.43. The van der Waals surface area contributed by atoms with Gasteiger partial charge in [0, 0.05) is 0 Å². The molecule has 2 rings (SSSR count). The molecule has 0 bridgehead atoms. The predicted molar refractivity (Wildman–Crippen MR) is 74.2 cm³/mol. The van der Waals surface area contributed by atoms with Crippen LogP contribution in [0.2, 0.25) is 0 Å². The van der Waals surface area contributed by atoms with Crippen molar-refractivity contribution in [1.82, 2.24) is 0 Å². The molecule has 18 heavy (non-hydrogen) atoms. The molecular weight excluding hydrogens is 224 g/mol. The van der Waals surface area contributed by atoms with E-state index < -0.39 is 0 Å². The molecule has 1 aromatic rings. The van der Waals surface area contributed by atoms with Gasteiger partial charge in [-0.15, -0.1) is 0 Å². The molecular formula is C16H24O2. The Bertz CT molecular complexity index is 392. The van der Waals surface area contributed by atoms with Gasteiger partial charge in [-0.1, -0.05) is 39.0 Å². The maximum Gasteiger partial charge on any atom is 0.123 e. The van der Waals surface area contributed by atoms with Crippen LogP contribution in [0.15, 0.2) is 24.3 Å². The van der Waals surface area contributed by atoms with Crippen LogP contribution in [-0.4, -0.2) is 18.8 Å². The summed E-state index contributed by atoms with van der Waals surface area (Å²) in [4.78, 5) is 0. The summed E-state index contributed by atoms with van der Waals surface area (Å²) in [5.41, 5.74) is 1.37. The fourth-order valence-electron chi connectivity index (χ4n) is 2.40. The molecule has 0 amide bonds. The van der Waals surface area contributed by atoms with Gasteiger partial charge in [-0.2, -0.15) is 0 Å². The van der Waals surface area contributed by atoms with Crippen molar-refractivity contribution in [2.75, 3.05) is 6.61 Å². The lowest BCUT2D eigenvalue weighted by atomic mass is 9.86. The molecule has 1 fully saturated rings. The fraction of sp³-hybridized carbons (Fsp3) is 0.625. The second-order valence-electron chi connectivity index (χ2n) is 6.20. The molecule has 1 aromatic carbocycles. The Labute approximate surface area is 110 Å². The lowest BCUT2D eigenvalue weighted by molar-refractivity contribution is 0.0260. The summed E-state index contributed by atoms with van der Waals surface area (Å²) in [5.74, 6) is 0.994. The van der Waals surface area contributed by atoms with Crippen LogP contribution >= 0.6 is 0 Å². The largest absolute Gasteiger partial charge is 0.491 e. The van der Waals surface area contributed by atoms with E-state index in [4.69, 9.17) is 9.47 Å². The molecule has 0 aliphatic carbocycles. The SMILES string of the molecule is CC1CCC(COc2ccccc2C(C)(C)C)O1. The molecule has 2 heteroatoms. The number of benzene rings is 1. The van der Waals surface area contributed by atoms with E-state index in [-0.39, 0.29) is 11.5 Å². The molecule has 100 valence electrons. The van der Waals surface area contributed by atoms with Crippen molar-refractivity contribution in [3.8, 4) is 5.75 Å². The molecule has 0 spiro atoms. The number of rotatable bonds is 3. The van der Waals surface area contributed by atoms with Crippen molar-refractivity contribution in [2.24, 2.45) is 0 Å². The van der Waals surface area contributed by atoms with Crippen LogP contribution < -0.4 is 4.74 Å². The van der Waals surface area contributed by atoms with Gasteiger partial charge < -0.3 is 9.47 Å². The van der Waals surface area contributed by atoms with Crippen molar-refractivity contribution in [3.05, 3.63) is 29.8 Å². The fourth-order valence-corrected chi connectivity index (χ4v) is 2.40. The Kier molecular flexibility index (Phi) is 3.96. The molecule has 0 radical (unpaired) electrons. The van der Waals surface area contributed by atoms with Gasteiger partial charge >= 0.3 is 0 Å². The second-order valence-corrected chi connectivity index (χ2v) is 6.20. The van der Waals surface area contributed by atoms with E-state index in [1.54, 1.807) is 0 Å². The van der Waals surface area contributed by atoms with E-state index in [2.05, 4.69) is 45.9 Å². The van der Waals surface area contributed by atoms with Crippen LogP contribution in [0.1, 0.15) is 46.1 Å². The highest BCUT2D eigenvalue weighted by molar-refractivity contribution is 5.38. The first-order valence-corrected chi connectivity index (χ1v) is 6.84. The van der Waals surface area contributed by atoms with Crippen LogP contribution in [-0.2, 0) is 10.2 Å². The van der Waals surface area contributed by atoms with E-state index >= 15 is 0 Å². The van der Waals surface area contributed by atoms with Crippen LogP contribution in [0.25, 0.3) is 0 Å². The Morgan fingerprint density at radius 3 is 2.56 bits per heavy atom. The van der Waals surface area contributed by atoms with Crippen LogP contribution in [0.3, 0.4) is 0 Å². The third-order valence-corrected chi connectivity index (χ3v) is 3.44. The first kappa shape index (κ1) is 13.4. The van der Waals surface area contributed by atoms with Gasteiger partial charge in [0.1, 0.15) is 12.4 Å². The minimum Gasteiger partial charge on any atom is -0.491 e. The lowest BCUT2D eigenvalue weighted by Crippen LogP contribution is -2.20. The third-order valence-electron chi connectivity index (χ3n) is 3.44. The van der Waals surface area contributed by atoms with Gasteiger partial charge in [0.2, 0.25) is 0 Å². The van der Waals surface area contributed by atoms with Gasteiger partial charge in [0.05, 0.1) is 12.2 Å². The highest BCUT2D eigenvalue weighted by atomic mass is 16.5. The molecule has 1 saturated heterocycles. The molecule has 1 heterocycles. The molecule has 2 unspecified atom stereocenters. The number of para-hydroxylation sites is 1. The third kappa shape index (κ3) is 3.26. The Balaban J connectivity index is 2.01. The maximum atomic E-state index is 5.97. The van der Waals surface area contributed by atoms with Crippen molar-refractivity contribution < 1.29 is 9.47 Å². The van der Waals surface area contributed by atoms with Crippen molar-refractivity contribution in [3.63, 3.8) is 0 Å². The van der Waals surface area contributed by atoms with Gasteiger partial charge in [0.15, 0.2) is 0 Å². The van der Waals surface area contributed by atoms with Crippen molar-refractivity contribution in [1.29, 1.82) is 0 Å². The summed E-state index contributed by atoms with van der Waals surface area (Å²) in [7, 11) is 0. The summed E-state index contributed by atoms with van der Waals surface area (Å²) < 4.78 is 11.8. The van der Waals surface area contributed by atoms with Gasteiger partial charge in [-0.05, 0) is 36.8 Å². The zero-order valence-electron chi connectivity index (χ0n) is 11.9. The highest BCUT2D eigenvalue weighted by Gasteiger charge is 2.23. The zero-order valence-corrected chi connectivity index (χ0v) is 11.9.